The van der Waals surface area contributed by atoms with Gasteiger partial charge in [0.1, 0.15) is 0 Å². The van der Waals surface area contributed by atoms with Crippen LogP contribution in [0.4, 0.5) is 0 Å². The molecule has 0 amide bonds. The van der Waals surface area contributed by atoms with Crippen molar-refractivity contribution in [2.24, 2.45) is 5.73 Å². The molecule has 1 nitrogen and oxygen atoms in total. The van der Waals surface area contributed by atoms with Crippen LogP contribution in [0.15, 0.2) is 170 Å². The van der Waals surface area contributed by atoms with E-state index in [1.807, 2.05) is 18.2 Å². The summed E-state index contributed by atoms with van der Waals surface area (Å²) in [5.74, 6) is 0. The lowest BCUT2D eigenvalue weighted by molar-refractivity contribution is 0.768. The van der Waals surface area contributed by atoms with Crippen molar-refractivity contribution < 1.29 is 0 Å². The molecule has 1 aliphatic carbocycles. The second kappa shape index (κ2) is 12.2. The van der Waals surface area contributed by atoms with Crippen molar-refractivity contribution in [2.75, 3.05) is 0 Å². The zero-order chi connectivity index (χ0) is 28.8. The summed E-state index contributed by atoms with van der Waals surface area (Å²) in [5.41, 5.74) is 18.1. The Morgan fingerprint density at radius 3 is 1.76 bits per heavy atom. The normalized spacial score (nSPS) is 14.0. The van der Waals surface area contributed by atoms with Crippen LogP contribution in [0.1, 0.15) is 46.2 Å². The zero-order valence-corrected chi connectivity index (χ0v) is 23.8. The minimum atomic E-state index is -0.403. The number of hydrogen-bond donors (Lipinski definition) is 1. The van der Waals surface area contributed by atoms with Gasteiger partial charge in [0, 0.05) is 5.70 Å². The first kappa shape index (κ1) is 27.1. The fraction of sp³-hybridized carbons (Fsp3) is 0.0732. The van der Waals surface area contributed by atoms with E-state index in [9.17, 15) is 0 Å². The van der Waals surface area contributed by atoms with Crippen molar-refractivity contribution in [2.45, 2.75) is 18.3 Å². The summed E-state index contributed by atoms with van der Waals surface area (Å²) in [4.78, 5) is 0. The number of nitrogens with two attached hydrogens (primary N) is 1. The summed E-state index contributed by atoms with van der Waals surface area (Å²) in [6.07, 6.45) is 12.2. The van der Waals surface area contributed by atoms with E-state index in [-0.39, 0.29) is 0 Å². The Morgan fingerprint density at radius 1 is 0.595 bits per heavy atom. The molecule has 0 saturated heterocycles. The highest BCUT2D eigenvalue weighted by molar-refractivity contribution is 5.87. The van der Waals surface area contributed by atoms with Gasteiger partial charge in [0.25, 0.3) is 0 Å². The third-order valence-corrected chi connectivity index (χ3v) is 8.20. The van der Waals surface area contributed by atoms with Gasteiger partial charge in [-0.15, -0.1) is 0 Å². The number of benzene rings is 5. The lowest BCUT2D eigenvalue weighted by Gasteiger charge is -2.34. The molecule has 0 radical (unpaired) electrons. The van der Waals surface area contributed by atoms with Crippen LogP contribution in [0.3, 0.4) is 0 Å². The summed E-state index contributed by atoms with van der Waals surface area (Å²) in [6.45, 7) is 3.76. The first-order valence-corrected chi connectivity index (χ1v) is 14.6. The van der Waals surface area contributed by atoms with Crippen molar-refractivity contribution in [3.05, 3.63) is 204 Å². The number of fused-ring (bicyclic) bond motifs is 3. The van der Waals surface area contributed by atoms with Crippen LogP contribution in [0.25, 0.3) is 22.4 Å². The highest BCUT2D eigenvalue weighted by Crippen LogP contribution is 2.55. The number of allylic oxidation sites excluding steroid dienone is 6. The Bertz CT molecular complexity index is 1720. The lowest BCUT2D eigenvalue weighted by atomic mass is 9.67. The van der Waals surface area contributed by atoms with Gasteiger partial charge in [-0.3, -0.25) is 0 Å². The van der Waals surface area contributed by atoms with Crippen LogP contribution in [0, 0.1) is 0 Å². The predicted molar refractivity (Wildman–Crippen MR) is 179 cm³/mol. The fourth-order valence-electron chi connectivity index (χ4n) is 6.29. The molecule has 0 fully saturated rings. The maximum atomic E-state index is 6.78. The van der Waals surface area contributed by atoms with Gasteiger partial charge in [0.2, 0.25) is 0 Å². The van der Waals surface area contributed by atoms with Crippen LogP contribution < -0.4 is 5.73 Å². The predicted octanol–water partition coefficient (Wildman–Crippen LogP) is 9.96. The van der Waals surface area contributed by atoms with Crippen molar-refractivity contribution in [1.29, 1.82) is 0 Å². The lowest BCUT2D eigenvalue weighted by Crippen LogP contribution is -2.28. The average Bonchev–Trinajstić information content (AvgIpc) is 3.36. The van der Waals surface area contributed by atoms with Gasteiger partial charge in [-0.2, -0.15) is 0 Å². The average molecular weight is 542 g/mol. The number of hydrogen-bond acceptors (Lipinski definition) is 1. The summed E-state index contributed by atoms with van der Waals surface area (Å²) in [5, 5.41) is 0. The van der Waals surface area contributed by atoms with E-state index < -0.39 is 5.41 Å². The summed E-state index contributed by atoms with van der Waals surface area (Å²) < 4.78 is 0. The van der Waals surface area contributed by atoms with Crippen LogP contribution in [0.5, 0.6) is 0 Å². The Kier molecular flexibility index (Phi) is 7.83. The molecule has 0 unspecified atom stereocenters. The molecule has 0 saturated carbocycles. The molecule has 0 spiro atoms. The van der Waals surface area contributed by atoms with E-state index in [4.69, 9.17) is 5.73 Å². The van der Waals surface area contributed by atoms with E-state index in [1.54, 1.807) is 0 Å². The fourth-order valence-corrected chi connectivity index (χ4v) is 6.29. The van der Waals surface area contributed by atoms with Gasteiger partial charge in [-0.1, -0.05) is 164 Å². The maximum absolute atomic E-state index is 6.78. The second-order valence-electron chi connectivity index (χ2n) is 10.7. The SMILES string of the molecule is C=C/C=C\CC/C=C(\C=C(/N)c1ccc(C2(c3ccccc3)c3ccccc3-c3ccccc32)cc1)c1ccccc1. The minimum absolute atomic E-state index is 0.403. The molecule has 0 aromatic heterocycles. The third-order valence-electron chi connectivity index (χ3n) is 8.20. The number of unbranched alkanes of at least 4 members (excludes halogenated alkanes) is 1. The molecule has 0 aliphatic heterocycles. The molecule has 0 atom stereocenters. The summed E-state index contributed by atoms with van der Waals surface area (Å²) >= 11 is 0. The molecular weight excluding hydrogens is 506 g/mol. The molecular formula is C41H35N. The van der Waals surface area contributed by atoms with Crippen molar-refractivity contribution >= 4 is 11.3 Å². The Labute approximate surface area is 249 Å². The van der Waals surface area contributed by atoms with Gasteiger partial charge in [-0.05, 0) is 69.0 Å². The first-order valence-electron chi connectivity index (χ1n) is 14.6. The third kappa shape index (κ3) is 4.95. The molecule has 2 N–H and O–H groups in total. The van der Waals surface area contributed by atoms with Gasteiger partial charge in [-0.25, -0.2) is 0 Å². The van der Waals surface area contributed by atoms with E-state index in [1.165, 1.54) is 33.4 Å². The first-order chi connectivity index (χ1) is 20.7. The van der Waals surface area contributed by atoms with Gasteiger partial charge in [0.15, 0.2) is 0 Å². The molecule has 1 heteroatoms. The minimum Gasteiger partial charge on any atom is -0.398 e. The highest BCUT2D eigenvalue weighted by atomic mass is 14.6. The molecule has 6 rings (SSSR count). The molecule has 0 bridgehead atoms. The molecule has 42 heavy (non-hydrogen) atoms. The van der Waals surface area contributed by atoms with E-state index in [2.05, 4.69) is 152 Å². The van der Waals surface area contributed by atoms with Gasteiger partial charge < -0.3 is 5.73 Å². The molecule has 0 heterocycles. The highest BCUT2D eigenvalue weighted by Gasteiger charge is 2.45. The topological polar surface area (TPSA) is 26.0 Å². The van der Waals surface area contributed by atoms with Gasteiger partial charge >= 0.3 is 0 Å². The smallest absolute Gasteiger partial charge is 0.0713 e. The number of rotatable bonds is 9. The van der Waals surface area contributed by atoms with Crippen LogP contribution >= 0.6 is 0 Å². The Morgan fingerprint density at radius 2 is 1.14 bits per heavy atom. The molecule has 1 aliphatic rings. The zero-order valence-electron chi connectivity index (χ0n) is 23.8. The van der Waals surface area contributed by atoms with Crippen molar-refractivity contribution in [3.8, 4) is 11.1 Å². The largest absolute Gasteiger partial charge is 0.398 e. The quantitative estimate of drug-likeness (QED) is 0.143. The van der Waals surface area contributed by atoms with Crippen molar-refractivity contribution in [1.82, 2.24) is 0 Å². The Hall–Kier alpha value is -5.14. The van der Waals surface area contributed by atoms with Crippen LogP contribution in [-0.4, -0.2) is 0 Å². The maximum Gasteiger partial charge on any atom is 0.0713 e. The molecule has 5 aromatic rings. The second-order valence-corrected chi connectivity index (χ2v) is 10.7. The monoisotopic (exact) mass is 541 g/mol. The van der Waals surface area contributed by atoms with Crippen LogP contribution in [0.2, 0.25) is 0 Å². The van der Waals surface area contributed by atoms with Crippen molar-refractivity contribution in [3.63, 3.8) is 0 Å². The van der Waals surface area contributed by atoms with Gasteiger partial charge in [0.05, 0.1) is 5.41 Å². The standard InChI is InChI=1S/C41H35N/c1-2-3-4-5-8-19-33(31-17-9-6-10-18-31)30-40(42)32-26-28-35(29-27-32)41(34-20-11-7-12-21-34)38-24-15-13-22-36(38)37-23-14-16-25-39(37)41/h2-4,6-7,9-30H,1,5,8,42H2/b4-3-,33-19+,40-30-. The Balaban J connectivity index is 1.43. The summed E-state index contributed by atoms with van der Waals surface area (Å²) in [6, 6.07) is 47.8. The summed E-state index contributed by atoms with van der Waals surface area (Å²) in [7, 11) is 0. The van der Waals surface area contributed by atoms with Crippen LogP contribution in [-0.2, 0) is 5.41 Å². The van der Waals surface area contributed by atoms with E-state index in [0.29, 0.717) is 0 Å². The molecule has 5 aromatic carbocycles. The molecule has 204 valence electrons. The van der Waals surface area contributed by atoms with E-state index >= 15 is 0 Å². The van der Waals surface area contributed by atoms with E-state index in [0.717, 1.165) is 35.2 Å².